The number of ether oxygens (including phenoxy) is 2. The number of nitrogens with zero attached hydrogens (tertiary/aromatic N) is 4. The maximum Gasteiger partial charge on any atom is 0.417 e. The summed E-state index contributed by atoms with van der Waals surface area (Å²) in [6.45, 7) is 2.33. The molecular formula is C27H29Cl2F3N4O5. The number of anilines is 1. The van der Waals surface area contributed by atoms with E-state index >= 15 is 0 Å². The molecule has 2 heterocycles. The van der Waals surface area contributed by atoms with Crippen LogP contribution in [0.1, 0.15) is 31.2 Å². The normalized spacial score (nSPS) is 15.1. The van der Waals surface area contributed by atoms with E-state index in [0.29, 0.717) is 18.3 Å². The molecule has 2 aromatic carbocycles. The van der Waals surface area contributed by atoms with Crippen LogP contribution < -0.4 is 14.4 Å². The quantitative estimate of drug-likeness (QED) is 0.180. The molecule has 0 saturated carbocycles. The minimum Gasteiger partial charge on any atom is -0.494 e. The van der Waals surface area contributed by atoms with Gasteiger partial charge in [0.15, 0.2) is 0 Å². The standard InChI is InChI=1S/C27H29Cl2F3N4O5/c28-24-6-5-22(15-23(24)27(30,31)32)40-14-10-18-7-11-34(12-8-18)19-1-3-21(4-2-19)41-17-20(37)9-13-35-16-25(36(38)39)33-26(35)29/h1-6,15-16,18,20,37H,7-14,17H2/t20-/m1/s1. The van der Waals surface area contributed by atoms with E-state index in [9.17, 15) is 28.4 Å². The van der Waals surface area contributed by atoms with Crippen LogP contribution in [0.5, 0.6) is 11.5 Å². The van der Waals surface area contributed by atoms with Crippen LogP contribution in [-0.2, 0) is 12.7 Å². The third-order valence-electron chi connectivity index (χ3n) is 6.90. The van der Waals surface area contributed by atoms with Crippen molar-refractivity contribution in [2.75, 3.05) is 31.2 Å². The maximum absolute atomic E-state index is 13.0. The average Bonchev–Trinajstić information content (AvgIpc) is 3.32. The van der Waals surface area contributed by atoms with E-state index in [-0.39, 0.29) is 41.4 Å². The van der Waals surface area contributed by atoms with Crippen molar-refractivity contribution in [3.8, 4) is 11.5 Å². The van der Waals surface area contributed by atoms with Gasteiger partial charge >= 0.3 is 17.3 Å². The highest BCUT2D eigenvalue weighted by Crippen LogP contribution is 2.37. The first kappa shape index (κ1) is 30.7. The van der Waals surface area contributed by atoms with Crippen LogP contribution in [0.4, 0.5) is 24.7 Å². The average molecular weight is 617 g/mol. The smallest absolute Gasteiger partial charge is 0.417 e. The predicted octanol–water partition coefficient (Wildman–Crippen LogP) is 6.63. The number of aryl methyl sites for hydroxylation is 1. The van der Waals surface area contributed by atoms with E-state index in [4.69, 9.17) is 32.7 Å². The first-order chi connectivity index (χ1) is 19.5. The number of rotatable bonds is 12. The summed E-state index contributed by atoms with van der Waals surface area (Å²) in [5.74, 6) is 0.821. The van der Waals surface area contributed by atoms with E-state index in [1.54, 1.807) is 0 Å². The van der Waals surface area contributed by atoms with Crippen molar-refractivity contribution < 1.29 is 32.7 Å². The molecular weight excluding hydrogens is 588 g/mol. The Morgan fingerprint density at radius 3 is 2.41 bits per heavy atom. The molecule has 4 rings (SSSR count). The fraction of sp³-hybridized carbons (Fsp3) is 0.444. The lowest BCUT2D eigenvalue weighted by Gasteiger charge is -2.33. The Morgan fingerprint density at radius 2 is 1.78 bits per heavy atom. The van der Waals surface area contributed by atoms with Crippen LogP contribution in [0.3, 0.4) is 0 Å². The third-order valence-corrected chi connectivity index (χ3v) is 7.53. The highest BCUT2D eigenvalue weighted by Gasteiger charge is 2.33. The van der Waals surface area contributed by atoms with Crippen LogP contribution in [0, 0.1) is 16.0 Å². The molecule has 0 bridgehead atoms. The number of hydrogen-bond acceptors (Lipinski definition) is 7. The van der Waals surface area contributed by atoms with E-state index in [1.165, 1.54) is 22.9 Å². The molecule has 1 aliphatic rings. The molecule has 14 heteroatoms. The maximum atomic E-state index is 13.0. The van der Waals surface area contributed by atoms with Crippen LogP contribution in [0.15, 0.2) is 48.7 Å². The Hall–Kier alpha value is -3.22. The van der Waals surface area contributed by atoms with Crippen LogP contribution in [0.2, 0.25) is 10.3 Å². The summed E-state index contributed by atoms with van der Waals surface area (Å²) >= 11 is 11.6. The first-order valence-corrected chi connectivity index (χ1v) is 13.8. The van der Waals surface area contributed by atoms with Gasteiger partial charge in [0.2, 0.25) is 0 Å². The zero-order valence-corrected chi connectivity index (χ0v) is 23.4. The van der Waals surface area contributed by atoms with E-state index in [2.05, 4.69) is 9.88 Å². The molecule has 1 N–H and O–H groups in total. The molecule has 0 radical (unpaired) electrons. The number of benzene rings is 2. The van der Waals surface area contributed by atoms with Crippen molar-refractivity contribution in [2.45, 2.75) is 44.5 Å². The van der Waals surface area contributed by atoms with Gasteiger partial charge in [0.25, 0.3) is 0 Å². The van der Waals surface area contributed by atoms with Crippen molar-refractivity contribution >= 4 is 34.7 Å². The van der Waals surface area contributed by atoms with E-state index in [0.717, 1.165) is 44.1 Å². The molecule has 1 atom stereocenters. The van der Waals surface area contributed by atoms with Crippen molar-refractivity contribution in [3.05, 3.63) is 74.6 Å². The van der Waals surface area contributed by atoms with Crippen molar-refractivity contribution in [2.24, 2.45) is 5.92 Å². The second-order valence-electron chi connectivity index (χ2n) is 9.77. The highest BCUT2D eigenvalue weighted by molar-refractivity contribution is 6.31. The summed E-state index contributed by atoms with van der Waals surface area (Å²) < 4.78 is 51.8. The molecule has 1 aliphatic heterocycles. The number of aliphatic hydroxyl groups excluding tert-OH is 1. The van der Waals surface area contributed by atoms with Crippen molar-refractivity contribution in [1.82, 2.24) is 9.55 Å². The first-order valence-electron chi connectivity index (χ1n) is 13.0. The number of alkyl halides is 3. The number of aliphatic hydroxyl groups is 1. The van der Waals surface area contributed by atoms with Crippen LogP contribution in [0.25, 0.3) is 0 Å². The van der Waals surface area contributed by atoms with Gasteiger partial charge in [-0.1, -0.05) is 11.6 Å². The van der Waals surface area contributed by atoms with E-state index in [1.807, 2.05) is 24.3 Å². The summed E-state index contributed by atoms with van der Waals surface area (Å²) in [6, 6.07) is 11.2. The summed E-state index contributed by atoms with van der Waals surface area (Å²) in [4.78, 5) is 16.1. The van der Waals surface area contributed by atoms with Crippen LogP contribution in [-0.4, -0.2) is 52.0 Å². The fourth-order valence-corrected chi connectivity index (χ4v) is 5.02. The van der Waals surface area contributed by atoms with Gasteiger partial charge in [-0.2, -0.15) is 13.2 Å². The minimum absolute atomic E-state index is 0.0151. The third kappa shape index (κ3) is 8.64. The largest absolute Gasteiger partial charge is 0.494 e. The molecule has 41 heavy (non-hydrogen) atoms. The second kappa shape index (κ2) is 13.6. The SMILES string of the molecule is O=[N+]([O-])c1cn(CC[C@@H](O)COc2ccc(N3CCC(CCOc4ccc(Cl)c(C(F)(F)F)c4)CC3)cc2)c(Cl)n1. The minimum atomic E-state index is -4.53. The van der Waals surface area contributed by atoms with Gasteiger partial charge in [-0.05, 0) is 95.6 Å². The molecule has 1 aromatic heterocycles. The van der Waals surface area contributed by atoms with Crippen molar-refractivity contribution in [1.29, 1.82) is 0 Å². The van der Waals surface area contributed by atoms with Gasteiger partial charge in [0.05, 0.1) is 23.3 Å². The number of halogens is 5. The monoisotopic (exact) mass is 616 g/mol. The lowest BCUT2D eigenvalue weighted by molar-refractivity contribution is -0.389. The molecule has 1 fully saturated rings. The van der Waals surface area contributed by atoms with Gasteiger partial charge < -0.3 is 29.6 Å². The van der Waals surface area contributed by atoms with Crippen LogP contribution >= 0.6 is 23.2 Å². The summed E-state index contributed by atoms with van der Waals surface area (Å²) in [6.07, 6.45) is -1.21. The zero-order valence-electron chi connectivity index (χ0n) is 21.9. The number of nitro groups is 1. The van der Waals surface area contributed by atoms with Gasteiger partial charge in [-0.15, -0.1) is 0 Å². The topological polar surface area (TPSA) is 103 Å². The molecule has 0 aliphatic carbocycles. The number of aromatic nitrogens is 2. The zero-order chi connectivity index (χ0) is 29.6. The molecule has 0 amide bonds. The Kier molecular flexibility index (Phi) is 10.2. The Labute approximate surface area is 244 Å². The van der Waals surface area contributed by atoms with Gasteiger partial charge in [0.1, 0.15) is 24.3 Å². The molecule has 222 valence electrons. The summed E-state index contributed by atoms with van der Waals surface area (Å²) in [7, 11) is 0. The van der Waals surface area contributed by atoms with Gasteiger partial charge in [-0.3, -0.25) is 4.57 Å². The predicted molar refractivity (Wildman–Crippen MR) is 148 cm³/mol. The number of imidazole rings is 1. The summed E-state index contributed by atoms with van der Waals surface area (Å²) in [5.41, 5.74) is 0.147. The van der Waals surface area contributed by atoms with E-state index < -0.39 is 22.8 Å². The molecule has 3 aromatic rings. The second-order valence-corrected chi connectivity index (χ2v) is 10.5. The molecule has 0 unspecified atom stereocenters. The Bertz CT molecular complexity index is 1320. The summed E-state index contributed by atoms with van der Waals surface area (Å²) in [5, 5.41) is 20.7. The Morgan fingerprint density at radius 1 is 1.10 bits per heavy atom. The van der Waals surface area contributed by atoms with Crippen molar-refractivity contribution in [3.63, 3.8) is 0 Å². The number of piperidine rings is 1. The molecule has 0 spiro atoms. The fourth-order valence-electron chi connectivity index (χ4n) is 4.58. The molecule has 9 nitrogen and oxygen atoms in total. The lowest BCUT2D eigenvalue weighted by Crippen LogP contribution is -2.34. The van der Waals surface area contributed by atoms with Gasteiger partial charge in [0, 0.05) is 25.3 Å². The van der Waals surface area contributed by atoms with Gasteiger partial charge in [-0.25, -0.2) is 0 Å². The Balaban J connectivity index is 1.16. The lowest BCUT2D eigenvalue weighted by atomic mass is 9.93. The highest BCUT2D eigenvalue weighted by atomic mass is 35.5. The molecule has 1 saturated heterocycles. The number of hydrogen-bond donors (Lipinski definition) is 1.